The molecule has 1 aliphatic heterocycles. The van der Waals surface area contributed by atoms with Crippen molar-refractivity contribution in [2.45, 2.75) is 38.9 Å². The van der Waals surface area contributed by atoms with Crippen LogP contribution >= 0.6 is 0 Å². The van der Waals surface area contributed by atoms with Gasteiger partial charge < -0.3 is 14.4 Å². The molecule has 0 unspecified atom stereocenters. The van der Waals surface area contributed by atoms with Gasteiger partial charge in [-0.2, -0.15) is 28.4 Å². The molecule has 0 radical (unpaired) electrons. The number of aromatic nitrogens is 6. The normalized spacial score (nSPS) is 14.6. The van der Waals surface area contributed by atoms with Crippen LogP contribution < -0.4 is 9.64 Å². The highest BCUT2D eigenvalue weighted by atomic mass is 19.4. The monoisotopic (exact) mass is 543 g/mol. The summed E-state index contributed by atoms with van der Waals surface area (Å²) in [6.45, 7) is 4.20. The molecule has 0 N–H and O–H groups in total. The molecule has 0 aliphatic carbocycles. The number of halogens is 3. The van der Waals surface area contributed by atoms with Crippen LogP contribution in [0, 0.1) is 5.92 Å². The van der Waals surface area contributed by atoms with E-state index in [0.29, 0.717) is 34.9 Å². The van der Waals surface area contributed by atoms with Gasteiger partial charge in [-0.05, 0) is 56.4 Å². The Hall–Kier alpha value is -4.16. The van der Waals surface area contributed by atoms with E-state index in [1.54, 1.807) is 25.3 Å². The number of anilines is 1. The van der Waals surface area contributed by atoms with E-state index in [2.05, 4.69) is 25.1 Å². The minimum atomic E-state index is -4.33. The van der Waals surface area contributed by atoms with Crippen LogP contribution in [0.4, 0.5) is 18.9 Å². The SMILES string of the molecule is CCOC(=O)c1cnn(-c2nc(OC)c3c(cnn3CCC3CCN(c4ccc(C(F)(F)F)cc4)CC3)n2)c1. The van der Waals surface area contributed by atoms with E-state index in [4.69, 9.17) is 9.47 Å². The lowest BCUT2D eigenvalue weighted by atomic mass is 9.93. The standard InChI is InChI=1S/C26H28F3N7O3/c1-3-39-24(37)18-14-30-36(16-18)25-32-21-15-31-35(22(21)23(33-25)38-2)13-10-17-8-11-34(12-9-17)20-6-4-19(5-7-20)26(27,28)29/h4-7,14-17H,3,8-13H2,1-2H3. The zero-order valence-electron chi connectivity index (χ0n) is 21.6. The van der Waals surface area contributed by atoms with Crippen molar-refractivity contribution < 1.29 is 27.4 Å². The van der Waals surface area contributed by atoms with Crippen molar-refractivity contribution in [3.63, 3.8) is 0 Å². The molecule has 206 valence electrons. The van der Waals surface area contributed by atoms with E-state index < -0.39 is 17.7 Å². The number of carbonyl (C=O) groups excluding carboxylic acids is 1. The summed E-state index contributed by atoms with van der Waals surface area (Å²) in [5, 5.41) is 8.67. The van der Waals surface area contributed by atoms with Gasteiger partial charge in [0.2, 0.25) is 5.88 Å². The van der Waals surface area contributed by atoms with Crippen molar-refractivity contribution in [2.75, 3.05) is 31.7 Å². The van der Waals surface area contributed by atoms with E-state index in [-0.39, 0.29) is 12.6 Å². The number of hydrogen-bond donors (Lipinski definition) is 0. The number of rotatable bonds is 8. The summed E-state index contributed by atoms with van der Waals surface area (Å²) < 4.78 is 52.3. The van der Waals surface area contributed by atoms with Gasteiger partial charge in [-0.1, -0.05) is 0 Å². The number of piperidine rings is 1. The highest BCUT2D eigenvalue weighted by Gasteiger charge is 2.30. The average molecular weight is 544 g/mol. The van der Waals surface area contributed by atoms with Gasteiger partial charge in [0.1, 0.15) is 11.0 Å². The fraction of sp³-hybridized carbons (Fsp3) is 0.423. The third-order valence-corrected chi connectivity index (χ3v) is 6.86. The lowest BCUT2D eigenvalue weighted by Crippen LogP contribution is -2.34. The number of benzene rings is 1. The maximum absolute atomic E-state index is 12.9. The summed E-state index contributed by atoms with van der Waals surface area (Å²) >= 11 is 0. The second-order valence-corrected chi connectivity index (χ2v) is 9.29. The fourth-order valence-electron chi connectivity index (χ4n) is 4.77. The summed E-state index contributed by atoms with van der Waals surface area (Å²) in [7, 11) is 1.52. The smallest absolute Gasteiger partial charge is 0.416 e. The Morgan fingerprint density at radius 1 is 1.08 bits per heavy atom. The van der Waals surface area contributed by atoms with Crippen LogP contribution in [0.5, 0.6) is 5.88 Å². The fourth-order valence-corrected chi connectivity index (χ4v) is 4.77. The molecule has 0 spiro atoms. The third kappa shape index (κ3) is 5.66. The van der Waals surface area contributed by atoms with Gasteiger partial charge in [0.05, 0.1) is 37.2 Å². The van der Waals surface area contributed by atoms with Crippen LogP contribution in [-0.4, -0.2) is 62.3 Å². The van der Waals surface area contributed by atoms with Crippen LogP contribution in [0.3, 0.4) is 0 Å². The number of esters is 1. The molecule has 4 heterocycles. The van der Waals surface area contributed by atoms with Crippen LogP contribution in [0.25, 0.3) is 17.0 Å². The van der Waals surface area contributed by atoms with Crippen molar-refractivity contribution >= 4 is 22.7 Å². The number of aryl methyl sites for hydroxylation is 1. The summed E-state index contributed by atoms with van der Waals surface area (Å²) in [5.74, 6) is 0.559. The van der Waals surface area contributed by atoms with Gasteiger partial charge in [-0.15, -0.1) is 0 Å². The molecule has 1 aliphatic rings. The summed E-state index contributed by atoms with van der Waals surface area (Å²) in [6, 6.07) is 5.36. The number of alkyl halides is 3. The lowest BCUT2D eigenvalue weighted by molar-refractivity contribution is -0.137. The van der Waals surface area contributed by atoms with E-state index in [1.807, 2.05) is 4.68 Å². The van der Waals surface area contributed by atoms with Gasteiger partial charge >= 0.3 is 12.1 Å². The largest absolute Gasteiger partial charge is 0.479 e. The van der Waals surface area contributed by atoms with E-state index in [1.165, 1.54) is 24.2 Å². The topological polar surface area (TPSA) is 100 Å². The molecular weight excluding hydrogens is 515 g/mol. The van der Waals surface area contributed by atoms with Crippen molar-refractivity contribution in [3.8, 4) is 11.8 Å². The molecule has 0 saturated carbocycles. The zero-order valence-corrected chi connectivity index (χ0v) is 21.6. The van der Waals surface area contributed by atoms with E-state index in [9.17, 15) is 18.0 Å². The van der Waals surface area contributed by atoms with Crippen molar-refractivity contribution in [1.82, 2.24) is 29.5 Å². The van der Waals surface area contributed by atoms with Crippen molar-refractivity contribution in [1.29, 1.82) is 0 Å². The van der Waals surface area contributed by atoms with Gasteiger partial charge in [-0.25, -0.2) is 14.5 Å². The molecule has 1 fully saturated rings. The van der Waals surface area contributed by atoms with Crippen LogP contribution in [0.15, 0.2) is 42.9 Å². The number of carbonyl (C=O) groups is 1. The van der Waals surface area contributed by atoms with E-state index >= 15 is 0 Å². The molecule has 13 heteroatoms. The zero-order chi connectivity index (χ0) is 27.6. The average Bonchev–Trinajstić information content (AvgIpc) is 3.59. The van der Waals surface area contributed by atoms with Crippen molar-refractivity contribution in [3.05, 3.63) is 54.0 Å². The molecule has 39 heavy (non-hydrogen) atoms. The molecule has 5 rings (SSSR count). The van der Waals surface area contributed by atoms with Gasteiger partial charge in [0.15, 0.2) is 0 Å². The number of fused-ring (bicyclic) bond motifs is 1. The predicted molar refractivity (Wildman–Crippen MR) is 136 cm³/mol. The first-order valence-corrected chi connectivity index (χ1v) is 12.7. The maximum Gasteiger partial charge on any atom is 0.416 e. The third-order valence-electron chi connectivity index (χ3n) is 6.86. The maximum atomic E-state index is 12.9. The molecule has 0 bridgehead atoms. The van der Waals surface area contributed by atoms with Gasteiger partial charge in [-0.3, -0.25) is 4.68 Å². The number of methoxy groups -OCH3 is 1. The van der Waals surface area contributed by atoms with Crippen LogP contribution in [0.2, 0.25) is 0 Å². The Kier molecular flexibility index (Phi) is 7.40. The highest BCUT2D eigenvalue weighted by molar-refractivity contribution is 5.88. The molecule has 4 aromatic rings. The number of nitrogens with zero attached hydrogens (tertiary/aromatic N) is 7. The first-order valence-electron chi connectivity index (χ1n) is 12.7. The Morgan fingerprint density at radius 2 is 1.82 bits per heavy atom. The Bertz CT molecular complexity index is 1440. The second-order valence-electron chi connectivity index (χ2n) is 9.29. The second kappa shape index (κ2) is 10.9. The van der Waals surface area contributed by atoms with Crippen LogP contribution in [0.1, 0.15) is 42.1 Å². The van der Waals surface area contributed by atoms with Gasteiger partial charge in [0.25, 0.3) is 5.95 Å². The molecule has 1 saturated heterocycles. The molecule has 3 aromatic heterocycles. The first-order chi connectivity index (χ1) is 18.8. The Labute approximate surface area is 222 Å². The molecule has 0 amide bonds. The summed E-state index contributed by atoms with van der Waals surface area (Å²) in [5.41, 5.74) is 1.72. The quantitative estimate of drug-likeness (QED) is 0.299. The molecule has 1 aromatic carbocycles. The molecule has 10 nitrogen and oxygen atoms in total. The van der Waals surface area contributed by atoms with Gasteiger partial charge in [0, 0.05) is 31.5 Å². The minimum Gasteiger partial charge on any atom is -0.479 e. The van der Waals surface area contributed by atoms with E-state index in [0.717, 1.165) is 50.2 Å². The molecular formula is C26H28F3N7O3. The predicted octanol–water partition coefficient (Wildman–Crippen LogP) is 4.52. The highest BCUT2D eigenvalue weighted by Crippen LogP contribution is 2.32. The Morgan fingerprint density at radius 3 is 2.49 bits per heavy atom. The summed E-state index contributed by atoms with van der Waals surface area (Å²) in [6.07, 6.45) is 2.95. The van der Waals surface area contributed by atoms with Crippen LogP contribution in [-0.2, 0) is 17.5 Å². The number of hydrogen-bond acceptors (Lipinski definition) is 8. The summed E-state index contributed by atoms with van der Waals surface area (Å²) in [4.78, 5) is 23.1. The molecule has 0 atom stereocenters. The Balaban J connectivity index is 1.23. The first kappa shape index (κ1) is 26.4. The van der Waals surface area contributed by atoms with Crippen molar-refractivity contribution in [2.24, 2.45) is 5.92 Å². The minimum absolute atomic E-state index is 0.241. The lowest BCUT2D eigenvalue weighted by Gasteiger charge is -2.33. The number of ether oxygens (including phenoxy) is 2.